The highest BCUT2D eigenvalue weighted by molar-refractivity contribution is 6.13. The van der Waals surface area contributed by atoms with Gasteiger partial charge in [0.15, 0.2) is 5.76 Å². The number of nitrogens with zero attached hydrogens (tertiary/aromatic N) is 2. The number of pyridine rings is 1. The number of aryl methyl sites for hydroxylation is 2. The predicted octanol–water partition coefficient (Wildman–Crippen LogP) is 3.71. The molecule has 8 nitrogen and oxygen atoms in total. The van der Waals surface area contributed by atoms with Crippen molar-refractivity contribution in [1.29, 1.82) is 0 Å². The third-order valence-electron chi connectivity index (χ3n) is 4.61. The van der Waals surface area contributed by atoms with Gasteiger partial charge in [0.1, 0.15) is 5.69 Å². The minimum absolute atomic E-state index is 0.234. The van der Waals surface area contributed by atoms with E-state index in [2.05, 4.69) is 20.8 Å². The molecule has 146 valence electrons. The summed E-state index contributed by atoms with van der Waals surface area (Å²) in [5.41, 5.74) is 3.42. The Morgan fingerprint density at radius 1 is 1.07 bits per heavy atom. The number of hydrogen-bond donors (Lipinski definition) is 2. The van der Waals surface area contributed by atoms with Gasteiger partial charge in [-0.15, -0.1) is 0 Å². The molecule has 0 saturated carbocycles. The Hall–Kier alpha value is -3.94. The van der Waals surface area contributed by atoms with Crippen LogP contribution in [0.15, 0.2) is 51.6 Å². The number of aromatic nitrogens is 2. The van der Waals surface area contributed by atoms with Crippen molar-refractivity contribution >= 4 is 28.6 Å². The Morgan fingerprint density at radius 3 is 2.62 bits per heavy atom. The minimum atomic E-state index is -0.367. The van der Waals surface area contributed by atoms with Gasteiger partial charge < -0.3 is 19.6 Å². The number of rotatable bonds is 4. The smallest absolute Gasteiger partial charge is 0.259 e. The van der Waals surface area contributed by atoms with Gasteiger partial charge in [-0.05, 0) is 49.7 Å². The molecule has 0 spiro atoms. The second-order valence-corrected chi connectivity index (χ2v) is 6.54. The van der Waals surface area contributed by atoms with Crippen molar-refractivity contribution in [1.82, 2.24) is 15.5 Å². The third-order valence-corrected chi connectivity index (χ3v) is 4.61. The number of furan rings is 1. The molecule has 3 aromatic heterocycles. The zero-order chi connectivity index (χ0) is 20.5. The first-order valence-corrected chi connectivity index (χ1v) is 8.93. The van der Waals surface area contributed by atoms with Gasteiger partial charge in [0.05, 0.1) is 22.9 Å². The van der Waals surface area contributed by atoms with E-state index in [1.165, 1.54) is 6.26 Å². The number of nitrogens with one attached hydrogen (secondary N) is 2. The van der Waals surface area contributed by atoms with Crippen LogP contribution in [0, 0.1) is 13.8 Å². The second-order valence-electron chi connectivity index (χ2n) is 6.54. The highest BCUT2D eigenvalue weighted by Gasteiger charge is 2.21. The maximum atomic E-state index is 13.2. The van der Waals surface area contributed by atoms with E-state index in [9.17, 15) is 9.59 Å². The van der Waals surface area contributed by atoms with Crippen molar-refractivity contribution in [2.75, 3.05) is 12.4 Å². The van der Waals surface area contributed by atoms with Gasteiger partial charge in [-0.2, -0.15) is 0 Å². The van der Waals surface area contributed by atoms with Crippen LogP contribution in [0.2, 0.25) is 0 Å². The van der Waals surface area contributed by atoms with E-state index < -0.39 is 0 Å². The molecule has 2 N–H and O–H groups in total. The maximum Gasteiger partial charge on any atom is 0.259 e. The van der Waals surface area contributed by atoms with Gasteiger partial charge in [0.25, 0.3) is 17.5 Å². The van der Waals surface area contributed by atoms with E-state index in [1.54, 1.807) is 50.4 Å². The van der Waals surface area contributed by atoms with Crippen molar-refractivity contribution in [3.63, 3.8) is 0 Å². The van der Waals surface area contributed by atoms with Crippen LogP contribution in [0.5, 0.6) is 0 Å². The van der Waals surface area contributed by atoms with E-state index in [0.717, 1.165) is 5.56 Å². The Balaban J connectivity index is 1.78. The van der Waals surface area contributed by atoms with Crippen LogP contribution in [0.25, 0.3) is 22.6 Å². The van der Waals surface area contributed by atoms with Crippen molar-refractivity contribution in [2.45, 2.75) is 13.8 Å². The summed E-state index contributed by atoms with van der Waals surface area (Å²) in [5.74, 6) is -0.0942. The molecule has 0 saturated heterocycles. The highest BCUT2D eigenvalue weighted by Crippen LogP contribution is 2.28. The number of amides is 2. The zero-order valence-electron chi connectivity index (χ0n) is 16.1. The van der Waals surface area contributed by atoms with Gasteiger partial charge in [-0.1, -0.05) is 11.2 Å². The normalized spacial score (nSPS) is 10.9. The SMILES string of the molecule is CNC(=O)c1ccc(C)c(NC(=O)c2cc(-c3ccco3)nc3onc(C)c23)c1. The Bertz CT molecular complexity index is 1230. The van der Waals surface area contributed by atoms with Crippen LogP contribution in [0.3, 0.4) is 0 Å². The molecule has 0 atom stereocenters. The van der Waals surface area contributed by atoms with E-state index in [0.29, 0.717) is 39.3 Å². The van der Waals surface area contributed by atoms with Crippen molar-refractivity contribution in [3.8, 4) is 11.5 Å². The molecule has 8 heteroatoms. The average Bonchev–Trinajstić information content (AvgIpc) is 3.38. The number of anilines is 1. The molecule has 29 heavy (non-hydrogen) atoms. The summed E-state index contributed by atoms with van der Waals surface area (Å²) >= 11 is 0. The number of carbonyl (C=O) groups excluding carboxylic acids is 2. The molecule has 4 rings (SSSR count). The summed E-state index contributed by atoms with van der Waals surface area (Å²) in [7, 11) is 1.55. The first-order chi connectivity index (χ1) is 14.0. The number of hydrogen-bond acceptors (Lipinski definition) is 6. The van der Waals surface area contributed by atoms with Crippen LogP contribution in [0.1, 0.15) is 32.0 Å². The van der Waals surface area contributed by atoms with Gasteiger partial charge in [-0.3, -0.25) is 9.59 Å². The lowest BCUT2D eigenvalue weighted by Gasteiger charge is -2.11. The van der Waals surface area contributed by atoms with Crippen LogP contribution >= 0.6 is 0 Å². The summed E-state index contributed by atoms with van der Waals surface area (Å²) in [4.78, 5) is 29.5. The molecule has 0 unspecified atom stereocenters. The van der Waals surface area contributed by atoms with Crippen LogP contribution < -0.4 is 10.6 Å². The summed E-state index contributed by atoms with van der Waals surface area (Å²) in [6.45, 7) is 3.60. The van der Waals surface area contributed by atoms with E-state index in [1.807, 2.05) is 6.92 Å². The zero-order valence-corrected chi connectivity index (χ0v) is 16.1. The Kier molecular flexibility index (Phi) is 4.59. The lowest BCUT2D eigenvalue weighted by molar-refractivity contribution is 0.0961. The van der Waals surface area contributed by atoms with Gasteiger partial charge in [0.2, 0.25) is 0 Å². The second kappa shape index (κ2) is 7.23. The largest absolute Gasteiger partial charge is 0.463 e. The maximum absolute atomic E-state index is 13.2. The van der Waals surface area contributed by atoms with Gasteiger partial charge in [-0.25, -0.2) is 4.98 Å². The molecular formula is C21H18N4O4. The highest BCUT2D eigenvalue weighted by atomic mass is 16.5. The monoisotopic (exact) mass is 390 g/mol. The molecule has 3 heterocycles. The van der Waals surface area contributed by atoms with E-state index >= 15 is 0 Å². The van der Waals surface area contributed by atoms with Crippen molar-refractivity contribution in [3.05, 3.63) is 65.0 Å². The fourth-order valence-corrected chi connectivity index (χ4v) is 3.06. The van der Waals surface area contributed by atoms with E-state index in [4.69, 9.17) is 8.94 Å². The summed E-state index contributed by atoms with van der Waals surface area (Å²) in [6, 6.07) is 10.2. The molecule has 0 aliphatic carbocycles. The van der Waals surface area contributed by atoms with Crippen LogP contribution in [-0.4, -0.2) is 29.0 Å². The number of benzene rings is 1. The summed E-state index contributed by atoms with van der Waals surface area (Å²) < 4.78 is 10.7. The fraction of sp³-hybridized carbons (Fsp3) is 0.143. The topological polar surface area (TPSA) is 110 Å². The first kappa shape index (κ1) is 18.4. The average molecular weight is 390 g/mol. The summed E-state index contributed by atoms with van der Waals surface area (Å²) in [6.07, 6.45) is 1.53. The lowest BCUT2D eigenvalue weighted by atomic mass is 10.1. The molecule has 0 aliphatic heterocycles. The number of fused-ring (bicyclic) bond motifs is 1. The molecule has 4 aromatic rings. The van der Waals surface area contributed by atoms with Gasteiger partial charge >= 0.3 is 0 Å². The summed E-state index contributed by atoms with van der Waals surface area (Å²) in [5, 5.41) is 9.91. The molecular weight excluding hydrogens is 372 g/mol. The van der Waals surface area contributed by atoms with Crippen molar-refractivity contribution < 1.29 is 18.5 Å². The molecule has 0 bridgehead atoms. The third kappa shape index (κ3) is 3.36. The van der Waals surface area contributed by atoms with Crippen LogP contribution in [-0.2, 0) is 0 Å². The minimum Gasteiger partial charge on any atom is -0.463 e. The predicted molar refractivity (Wildman–Crippen MR) is 107 cm³/mol. The molecule has 1 aromatic carbocycles. The molecule has 0 fully saturated rings. The van der Waals surface area contributed by atoms with Crippen LogP contribution in [0.4, 0.5) is 5.69 Å². The Morgan fingerprint density at radius 2 is 1.90 bits per heavy atom. The van der Waals surface area contributed by atoms with Gasteiger partial charge in [0, 0.05) is 18.3 Å². The molecule has 0 radical (unpaired) electrons. The fourth-order valence-electron chi connectivity index (χ4n) is 3.06. The standard InChI is InChI=1S/C21H18N4O4/c1-11-6-7-13(19(26)22-3)9-15(11)23-20(27)14-10-16(17-5-4-8-28-17)24-21-18(14)12(2)25-29-21/h4-10H,1-3H3,(H,22,26)(H,23,27). The number of carbonyl (C=O) groups is 2. The van der Waals surface area contributed by atoms with E-state index in [-0.39, 0.29) is 17.5 Å². The lowest BCUT2D eigenvalue weighted by Crippen LogP contribution is -2.19. The van der Waals surface area contributed by atoms with Crippen molar-refractivity contribution in [2.24, 2.45) is 0 Å². The molecule has 2 amide bonds. The quantitative estimate of drug-likeness (QED) is 0.550. The molecule has 0 aliphatic rings. The Labute approximate surface area is 165 Å². The first-order valence-electron chi connectivity index (χ1n) is 8.93.